The van der Waals surface area contributed by atoms with Crippen LogP contribution in [0.5, 0.6) is 5.75 Å². The summed E-state index contributed by atoms with van der Waals surface area (Å²) in [6.45, 7) is 2.60. The molecule has 0 aromatic heterocycles. The molecule has 2 aliphatic rings. The van der Waals surface area contributed by atoms with Crippen LogP contribution in [0.15, 0.2) is 23.1 Å². The molecule has 138 valence electrons. The Morgan fingerprint density at radius 3 is 2.60 bits per heavy atom. The molecular formula is C18H26N2O4S. The van der Waals surface area contributed by atoms with E-state index in [0.29, 0.717) is 36.4 Å². The van der Waals surface area contributed by atoms with E-state index in [0.717, 1.165) is 12.8 Å². The van der Waals surface area contributed by atoms with Gasteiger partial charge in [-0.05, 0) is 36.8 Å². The Balaban J connectivity index is 1.83. The van der Waals surface area contributed by atoms with Gasteiger partial charge in [0.05, 0.1) is 17.7 Å². The van der Waals surface area contributed by atoms with E-state index < -0.39 is 10.0 Å². The standard InChI is InChI=1S/C18H26N2O4S/c1-13(21)19-17-8-7-16(11-18(17)24-2)25(22,23)20-10-9-14-5-3-4-6-15(14)12-20/h7-8,11,14-15H,3-6,9-10,12H2,1-2H3,(H,19,21)/t14-,15+/m0/s1. The van der Waals surface area contributed by atoms with Gasteiger partial charge in [-0.15, -0.1) is 0 Å². The van der Waals surface area contributed by atoms with Gasteiger partial charge in [0.2, 0.25) is 15.9 Å². The number of rotatable bonds is 4. The van der Waals surface area contributed by atoms with Gasteiger partial charge in [0, 0.05) is 26.1 Å². The summed E-state index contributed by atoms with van der Waals surface area (Å²) in [6.07, 6.45) is 5.79. The smallest absolute Gasteiger partial charge is 0.243 e. The summed E-state index contributed by atoms with van der Waals surface area (Å²) in [7, 11) is -2.09. The van der Waals surface area contributed by atoms with Crippen molar-refractivity contribution in [2.24, 2.45) is 11.8 Å². The molecule has 1 aromatic carbocycles. The number of fused-ring (bicyclic) bond motifs is 1. The summed E-state index contributed by atoms with van der Waals surface area (Å²) in [5, 5.41) is 2.65. The number of methoxy groups -OCH3 is 1. The van der Waals surface area contributed by atoms with Gasteiger partial charge in [-0.25, -0.2) is 8.42 Å². The predicted octanol–water partition coefficient (Wildman–Crippen LogP) is 2.85. The lowest BCUT2D eigenvalue weighted by molar-refractivity contribution is -0.114. The first kappa shape index (κ1) is 18.2. The molecule has 1 saturated heterocycles. The highest BCUT2D eigenvalue weighted by atomic mass is 32.2. The Bertz CT molecular complexity index is 747. The molecule has 1 heterocycles. The molecule has 0 radical (unpaired) electrons. The Morgan fingerprint density at radius 1 is 1.20 bits per heavy atom. The van der Waals surface area contributed by atoms with E-state index >= 15 is 0 Å². The number of carbonyl (C=O) groups excluding carboxylic acids is 1. The maximum atomic E-state index is 13.0. The number of nitrogens with zero attached hydrogens (tertiary/aromatic N) is 1. The molecule has 2 atom stereocenters. The quantitative estimate of drug-likeness (QED) is 0.889. The van der Waals surface area contributed by atoms with Crippen LogP contribution in [0.2, 0.25) is 0 Å². The number of sulfonamides is 1. The molecule has 1 aliphatic carbocycles. The lowest BCUT2D eigenvalue weighted by atomic mass is 9.76. The molecule has 7 heteroatoms. The monoisotopic (exact) mass is 366 g/mol. The fraction of sp³-hybridized carbons (Fsp3) is 0.611. The van der Waals surface area contributed by atoms with Crippen LogP contribution in [0.25, 0.3) is 0 Å². The highest BCUT2D eigenvalue weighted by Gasteiger charge is 2.36. The molecule has 1 aliphatic heterocycles. The van der Waals surface area contributed by atoms with Gasteiger partial charge in [0.25, 0.3) is 0 Å². The number of ether oxygens (including phenoxy) is 1. The molecule has 3 rings (SSSR count). The summed E-state index contributed by atoms with van der Waals surface area (Å²) in [6, 6.07) is 4.62. The second kappa shape index (κ2) is 7.33. The van der Waals surface area contributed by atoms with Gasteiger partial charge in [-0.2, -0.15) is 4.31 Å². The molecule has 1 saturated carbocycles. The maximum Gasteiger partial charge on any atom is 0.243 e. The second-order valence-corrected chi connectivity index (χ2v) is 8.94. The molecule has 1 amide bonds. The number of piperidine rings is 1. The maximum absolute atomic E-state index is 13.0. The normalized spacial score (nSPS) is 24.4. The van der Waals surface area contributed by atoms with Crippen LogP contribution in [-0.2, 0) is 14.8 Å². The van der Waals surface area contributed by atoms with Crippen LogP contribution in [0.3, 0.4) is 0 Å². The van der Waals surface area contributed by atoms with E-state index in [1.54, 1.807) is 10.4 Å². The lowest BCUT2D eigenvalue weighted by Crippen LogP contribution is -2.44. The SMILES string of the molecule is COc1cc(S(=O)(=O)N2CC[C@@H]3CCCC[C@@H]3C2)ccc1NC(C)=O. The minimum Gasteiger partial charge on any atom is -0.495 e. The van der Waals surface area contributed by atoms with Crippen LogP contribution < -0.4 is 10.1 Å². The van der Waals surface area contributed by atoms with Gasteiger partial charge in [-0.1, -0.05) is 19.3 Å². The topological polar surface area (TPSA) is 75.7 Å². The Morgan fingerprint density at radius 2 is 1.92 bits per heavy atom. The fourth-order valence-electron chi connectivity index (χ4n) is 4.06. The summed E-state index contributed by atoms with van der Waals surface area (Å²) >= 11 is 0. The highest BCUT2D eigenvalue weighted by Crippen LogP contribution is 2.38. The van der Waals surface area contributed by atoms with Crippen molar-refractivity contribution in [1.29, 1.82) is 0 Å². The number of nitrogens with one attached hydrogen (secondary N) is 1. The zero-order chi connectivity index (χ0) is 18.0. The Labute approximate surface area is 149 Å². The van der Waals surface area contributed by atoms with Crippen molar-refractivity contribution < 1.29 is 17.9 Å². The van der Waals surface area contributed by atoms with Crippen molar-refractivity contribution in [3.05, 3.63) is 18.2 Å². The Kier molecular flexibility index (Phi) is 5.34. The third-order valence-corrected chi connectivity index (χ3v) is 7.24. The van der Waals surface area contributed by atoms with Crippen molar-refractivity contribution in [3.63, 3.8) is 0 Å². The number of hydrogen-bond donors (Lipinski definition) is 1. The zero-order valence-electron chi connectivity index (χ0n) is 14.8. The van der Waals surface area contributed by atoms with Crippen molar-refractivity contribution in [2.75, 3.05) is 25.5 Å². The van der Waals surface area contributed by atoms with Crippen molar-refractivity contribution in [1.82, 2.24) is 4.31 Å². The fourth-order valence-corrected chi connectivity index (χ4v) is 5.59. The van der Waals surface area contributed by atoms with Crippen molar-refractivity contribution >= 4 is 21.6 Å². The van der Waals surface area contributed by atoms with E-state index in [4.69, 9.17) is 4.74 Å². The molecule has 0 unspecified atom stereocenters. The van der Waals surface area contributed by atoms with Gasteiger partial charge < -0.3 is 10.1 Å². The molecule has 1 aromatic rings. The largest absolute Gasteiger partial charge is 0.495 e. The van der Waals surface area contributed by atoms with Crippen molar-refractivity contribution in [3.8, 4) is 5.75 Å². The molecule has 0 bridgehead atoms. The number of benzene rings is 1. The Hall–Kier alpha value is -1.60. The number of hydrogen-bond acceptors (Lipinski definition) is 4. The van der Waals surface area contributed by atoms with E-state index in [9.17, 15) is 13.2 Å². The highest BCUT2D eigenvalue weighted by molar-refractivity contribution is 7.89. The van der Waals surface area contributed by atoms with E-state index in [2.05, 4.69) is 5.32 Å². The van der Waals surface area contributed by atoms with Gasteiger partial charge in [0.1, 0.15) is 5.75 Å². The van der Waals surface area contributed by atoms with Crippen LogP contribution >= 0.6 is 0 Å². The van der Waals surface area contributed by atoms with E-state index in [-0.39, 0.29) is 10.8 Å². The van der Waals surface area contributed by atoms with E-state index in [1.807, 2.05) is 0 Å². The summed E-state index contributed by atoms with van der Waals surface area (Å²) in [5.41, 5.74) is 0.472. The van der Waals surface area contributed by atoms with E-state index in [1.165, 1.54) is 45.4 Å². The number of anilines is 1. The van der Waals surface area contributed by atoms with Crippen molar-refractivity contribution in [2.45, 2.75) is 43.9 Å². The van der Waals surface area contributed by atoms with Crippen LogP contribution in [0, 0.1) is 11.8 Å². The van der Waals surface area contributed by atoms with Crippen LogP contribution in [0.1, 0.15) is 39.0 Å². The molecule has 6 nitrogen and oxygen atoms in total. The average molecular weight is 366 g/mol. The first-order chi connectivity index (χ1) is 11.9. The molecule has 0 spiro atoms. The lowest BCUT2D eigenvalue weighted by Gasteiger charge is -2.40. The van der Waals surface area contributed by atoms with Crippen LogP contribution in [-0.4, -0.2) is 38.8 Å². The predicted molar refractivity (Wildman–Crippen MR) is 96.1 cm³/mol. The summed E-state index contributed by atoms with van der Waals surface area (Å²) in [5.74, 6) is 1.28. The summed E-state index contributed by atoms with van der Waals surface area (Å²) < 4.78 is 33.0. The molecule has 2 fully saturated rings. The minimum atomic E-state index is -3.55. The minimum absolute atomic E-state index is 0.215. The average Bonchev–Trinajstić information content (AvgIpc) is 2.61. The number of amides is 1. The third-order valence-electron chi connectivity index (χ3n) is 5.38. The summed E-state index contributed by atoms with van der Waals surface area (Å²) in [4.78, 5) is 11.5. The van der Waals surface area contributed by atoms with Crippen LogP contribution in [0.4, 0.5) is 5.69 Å². The first-order valence-electron chi connectivity index (χ1n) is 8.87. The third kappa shape index (κ3) is 3.82. The molecule has 1 N–H and O–H groups in total. The first-order valence-corrected chi connectivity index (χ1v) is 10.3. The molecule has 25 heavy (non-hydrogen) atoms. The zero-order valence-corrected chi connectivity index (χ0v) is 15.6. The molecular weight excluding hydrogens is 340 g/mol. The van der Waals surface area contributed by atoms with Gasteiger partial charge in [-0.3, -0.25) is 4.79 Å². The van der Waals surface area contributed by atoms with Gasteiger partial charge in [0.15, 0.2) is 0 Å². The van der Waals surface area contributed by atoms with Gasteiger partial charge >= 0.3 is 0 Å². The number of carbonyl (C=O) groups is 1. The second-order valence-electron chi connectivity index (χ2n) is 7.00.